The van der Waals surface area contributed by atoms with Gasteiger partial charge in [-0.05, 0) is 12.8 Å². The van der Waals surface area contributed by atoms with Crippen molar-refractivity contribution >= 4 is 22.4 Å². The molecule has 2 heterocycles. The fourth-order valence-corrected chi connectivity index (χ4v) is 4.00. The van der Waals surface area contributed by atoms with Gasteiger partial charge in [-0.25, -0.2) is 4.98 Å². The second-order valence-electron chi connectivity index (χ2n) is 5.77. The number of hydrogen-bond acceptors (Lipinski definition) is 5. The number of piperazine rings is 1. The van der Waals surface area contributed by atoms with Crippen molar-refractivity contribution in [3.63, 3.8) is 0 Å². The summed E-state index contributed by atoms with van der Waals surface area (Å²) in [7, 11) is 0. The van der Waals surface area contributed by atoms with Crippen LogP contribution >= 0.6 is 11.3 Å². The predicted octanol–water partition coefficient (Wildman–Crippen LogP) is 1.69. The van der Waals surface area contributed by atoms with Gasteiger partial charge in [-0.3, -0.25) is 9.69 Å². The van der Waals surface area contributed by atoms with Crippen LogP contribution < -0.4 is 10.6 Å². The van der Waals surface area contributed by atoms with E-state index >= 15 is 0 Å². The van der Waals surface area contributed by atoms with Gasteiger partial charge in [0.25, 0.3) is 0 Å². The van der Waals surface area contributed by atoms with Gasteiger partial charge in [0.05, 0.1) is 6.54 Å². The first-order valence-electron chi connectivity index (χ1n) is 7.44. The van der Waals surface area contributed by atoms with Gasteiger partial charge >= 0.3 is 0 Å². The van der Waals surface area contributed by atoms with E-state index in [2.05, 4.69) is 20.5 Å². The molecule has 0 radical (unpaired) electrons. The lowest BCUT2D eigenvalue weighted by atomic mass is 9.79. The monoisotopic (exact) mass is 294 g/mol. The van der Waals surface area contributed by atoms with Crippen LogP contribution in [0.4, 0.5) is 5.13 Å². The zero-order valence-electron chi connectivity index (χ0n) is 11.7. The summed E-state index contributed by atoms with van der Waals surface area (Å²) in [4.78, 5) is 18.7. The molecule has 0 bridgehead atoms. The molecular formula is C14H22N4OS. The molecule has 1 amide bonds. The molecule has 1 spiro atoms. The SMILES string of the molecule is O=C(CN1CCNCC12CCCCC2)Nc1nccs1. The number of nitrogens with one attached hydrogen (secondary N) is 2. The lowest BCUT2D eigenvalue weighted by Gasteiger charge is -2.49. The average molecular weight is 294 g/mol. The summed E-state index contributed by atoms with van der Waals surface area (Å²) >= 11 is 1.47. The van der Waals surface area contributed by atoms with Crippen LogP contribution in [0.3, 0.4) is 0 Å². The van der Waals surface area contributed by atoms with Gasteiger partial charge in [0.15, 0.2) is 5.13 Å². The lowest BCUT2D eigenvalue weighted by molar-refractivity contribution is -0.120. The van der Waals surface area contributed by atoms with Crippen molar-refractivity contribution in [2.75, 3.05) is 31.5 Å². The summed E-state index contributed by atoms with van der Waals surface area (Å²) in [6, 6.07) is 0. The third kappa shape index (κ3) is 3.02. The Morgan fingerprint density at radius 2 is 2.30 bits per heavy atom. The number of hydrogen-bond donors (Lipinski definition) is 2. The Bertz CT molecular complexity index is 434. The lowest BCUT2D eigenvalue weighted by Crippen LogP contribution is -2.63. The molecule has 2 N–H and O–H groups in total. The molecule has 1 aliphatic heterocycles. The Hall–Kier alpha value is -0.980. The van der Waals surface area contributed by atoms with Crippen LogP contribution in [-0.2, 0) is 4.79 Å². The van der Waals surface area contributed by atoms with Crippen LogP contribution in [0.1, 0.15) is 32.1 Å². The summed E-state index contributed by atoms with van der Waals surface area (Å²) in [5, 5.41) is 8.98. The standard InChI is InChI=1S/C14H22N4OS/c19-12(17-13-16-7-9-20-13)10-18-8-6-15-11-14(18)4-2-1-3-5-14/h7,9,15H,1-6,8,10-11H2,(H,16,17,19). The first kappa shape index (κ1) is 14.0. The highest BCUT2D eigenvalue weighted by molar-refractivity contribution is 7.13. The molecule has 1 aromatic rings. The summed E-state index contributed by atoms with van der Waals surface area (Å²) in [6.45, 7) is 3.45. The molecule has 5 nitrogen and oxygen atoms in total. The number of thiazole rings is 1. The van der Waals surface area contributed by atoms with Crippen LogP contribution in [0, 0.1) is 0 Å². The van der Waals surface area contributed by atoms with Crippen molar-refractivity contribution in [1.82, 2.24) is 15.2 Å². The van der Waals surface area contributed by atoms with Crippen LogP contribution in [0.25, 0.3) is 0 Å². The number of amides is 1. The van der Waals surface area contributed by atoms with Crippen LogP contribution in [-0.4, -0.2) is 47.5 Å². The minimum Gasteiger partial charge on any atom is -0.314 e. The normalized spacial score (nSPS) is 22.8. The Balaban J connectivity index is 1.63. The number of anilines is 1. The summed E-state index contributed by atoms with van der Waals surface area (Å²) in [6.07, 6.45) is 8.04. The maximum atomic E-state index is 12.2. The van der Waals surface area contributed by atoms with E-state index in [1.54, 1.807) is 6.20 Å². The topological polar surface area (TPSA) is 57.3 Å². The van der Waals surface area contributed by atoms with E-state index in [1.807, 2.05) is 5.38 Å². The fraction of sp³-hybridized carbons (Fsp3) is 0.714. The maximum Gasteiger partial charge on any atom is 0.240 e. The van der Waals surface area contributed by atoms with Crippen LogP contribution in [0.15, 0.2) is 11.6 Å². The zero-order chi connectivity index (χ0) is 13.8. The van der Waals surface area contributed by atoms with Gasteiger partial charge in [0, 0.05) is 36.8 Å². The molecule has 1 aliphatic carbocycles. The van der Waals surface area contributed by atoms with E-state index in [4.69, 9.17) is 0 Å². The van der Waals surface area contributed by atoms with Crippen molar-refractivity contribution in [1.29, 1.82) is 0 Å². The molecule has 1 saturated heterocycles. The minimum atomic E-state index is 0.0619. The summed E-state index contributed by atoms with van der Waals surface area (Å²) in [5.41, 5.74) is 0.205. The van der Waals surface area contributed by atoms with Gasteiger partial charge in [-0.15, -0.1) is 11.3 Å². The molecule has 0 atom stereocenters. The van der Waals surface area contributed by atoms with E-state index in [0.717, 1.165) is 19.6 Å². The van der Waals surface area contributed by atoms with E-state index < -0.39 is 0 Å². The van der Waals surface area contributed by atoms with E-state index in [1.165, 1.54) is 43.4 Å². The number of carbonyl (C=O) groups is 1. The smallest absolute Gasteiger partial charge is 0.240 e. The quantitative estimate of drug-likeness (QED) is 0.891. The van der Waals surface area contributed by atoms with E-state index in [0.29, 0.717) is 11.7 Å². The largest absolute Gasteiger partial charge is 0.314 e. The summed E-state index contributed by atoms with van der Waals surface area (Å²) in [5.74, 6) is 0.0619. The maximum absolute atomic E-state index is 12.2. The van der Waals surface area contributed by atoms with Crippen molar-refractivity contribution in [2.24, 2.45) is 0 Å². The van der Waals surface area contributed by atoms with Gasteiger partial charge in [-0.2, -0.15) is 0 Å². The Kier molecular flexibility index (Phi) is 4.33. The minimum absolute atomic E-state index is 0.0619. The van der Waals surface area contributed by atoms with Crippen molar-refractivity contribution in [3.8, 4) is 0 Å². The van der Waals surface area contributed by atoms with Crippen molar-refractivity contribution < 1.29 is 4.79 Å². The molecule has 110 valence electrons. The molecule has 1 aromatic heterocycles. The van der Waals surface area contributed by atoms with Crippen LogP contribution in [0.5, 0.6) is 0 Å². The highest BCUT2D eigenvalue weighted by Gasteiger charge is 2.40. The average Bonchev–Trinajstić information content (AvgIpc) is 2.95. The Morgan fingerprint density at radius 3 is 3.05 bits per heavy atom. The number of aromatic nitrogens is 1. The van der Waals surface area contributed by atoms with Crippen LogP contribution in [0.2, 0.25) is 0 Å². The number of carbonyl (C=O) groups excluding carboxylic acids is 1. The number of nitrogens with zero attached hydrogens (tertiary/aromatic N) is 2. The predicted molar refractivity (Wildman–Crippen MR) is 81.0 cm³/mol. The number of rotatable bonds is 3. The van der Waals surface area contributed by atoms with Gasteiger partial charge < -0.3 is 10.6 Å². The molecule has 0 aromatic carbocycles. The molecular weight excluding hydrogens is 272 g/mol. The Labute approximate surface area is 123 Å². The molecule has 2 fully saturated rings. The van der Waals surface area contributed by atoms with Gasteiger partial charge in [0.1, 0.15) is 0 Å². The van der Waals surface area contributed by atoms with Crippen molar-refractivity contribution in [2.45, 2.75) is 37.6 Å². The molecule has 3 rings (SSSR count). The fourth-order valence-electron chi connectivity index (χ4n) is 3.45. The molecule has 20 heavy (non-hydrogen) atoms. The second-order valence-corrected chi connectivity index (χ2v) is 6.66. The molecule has 6 heteroatoms. The second kappa shape index (κ2) is 6.20. The summed E-state index contributed by atoms with van der Waals surface area (Å²) < 4.78 is 0. The van der Waals surface area contributed by atoms with E-state index in [9.17, 15) is 4.79 Å². The first-order chi connectivity index (χ1) is 9.78. The van der Waals surface area contributed by atoms with Crippen molar-refractivity contribution in [3.05, 3.63) is 11.6 Å². The third-order valence-corrected chi connectivity index (χ3v) is 5.17. The zero-order valence-corrected chi connectivity index (χ0v) is 12.5. The molecule has 1 saturated carbocycles. The first-order valence-corrected chi connectivity index (χ1v) is 8.32. The van der Waals surface area contributed by atoms with Gasteiger partial charge in [-0.1, -0.05) is 19.3 Å². The highest BCUT2D eigenvalue weighted by Crippen LogP contribution is 2.34. The Morgan fingerprint density at radius 1 is 1.45 bits per heavy atom. The molecule has 2 aliphatic rings. The van der Waals surface area contributed by atoms with E-state index in [-0.39, 0.29) is 11.4 Å². The highest BCUT2D eigenvalue weighted by atomic mass is 32.1. The third-order valence-electron chi connectivity index (χ3n) is 4.48. The van der Waals surface area contributed by atoms with Gasteiger partial charge in [0.2, 0.25) is 5.91 Å². The molecule has 0 unspecified atom stereocenters.